The molecule has 3 heterocycles. The maximum atomic E-state index is 13.2. The second-order valence-electron chi connectivity index (χ2n) is 7.41. The van der Waals surface area contributed by atoms with Gasteiger partial charge in [0.2, 0.25) is 5.91 Å². The Bertz CT molecular complexity index is 1170. The summed E-state index contributed by atoms with van der Waals surface area (Å²) < 4.78 is 14.0. The molecule has 4 rings (SSSR count). The lowest BCUT2D eigenvalue weighted by Crippen LogP contribution is -2.43. The smallest absolute Gasteiger partial charge is 0.332 e. The number of fused-ring (bicyclic) bond motifs is 1. The minimum atomic E-state index is -0.503. The number of benzene rings is 1. The van der Waals surface area contributed by atoms with Crippen LogP contribution in [0, 0.1) is 0 Å². The zero-order valence-corrected chi connectivity index (χ0v) is 18.2. The van der Waals surface area contributed by atoms with Gasteiger partial charge in [-0.05, 0) is 48.9 Å². The van der Waals surface area contributed by atoms with E-state index in [0.29, 0.717) is 30.0 Å². The van der Waals surface area contributed by atoms with Crippen molar-refractivity contribution in [2.24, 2.45) is 0 Å². The lowest BCUT2D eigenvalue weighted by Gasteiger charge is -2.14. The molecular formula is C22H25N3O5S. The standard InChI is InChI=1S/C22H25N3O5S/c1-2-29-16-7-5-15(6-8-16)13-25-21(27)20-18(9-11-31-20)24(22(25)28)14-19(26)23-12-17-4-3-10-30-17/h5-9,11,17H,2-4,10,12-14H2,1H3,(H,23,26)/t17-/m0/s1. The van der Waals surface area contributed by atoms with E-state index in [0.717, 1.165) is 24.2 Å². The van der Waals surface area contributed by atoms with Crippen LogP contribution in [-0.4, -0.2) is 40.9 Å². The fourth-order valence-corrected chi connectivity index (χ4v) is 4.54. The molecule has 0 spiro atoms. The molecule has 0 radical (unpaired) electrons. The van der Waals surface area contributed by atoms with Gasteiger partial charge in [0.25, 0.3) is 5.56 Å². The maximum absolute atomic E-state index is 13.2. The SMILES string of the molecule is CCOc1ccc(Cn2c(=O)c3sccc3n(CC(=O)NC[C@@H]3CCCO3)c2=O)cc1. The third kappa shape index (κ3) is 4.72. The number of amides is 1. The third-order valence-electron chi connectivity index (χ3n) is 5.26. The lowest BCUT2D eigenvalue weighted by molar-refractivity contribution is -0.122. The molecule has 1 saturated heterocycles. The minimum absolute atomic E-state index is 0.0236. The summed E-state index contributed by atoms with van der Waals surface area (Å²) in [5.41, 5.74) is 0.431. The van der Waals surface area contributed by atoms with Crippen LogP contribution in [0.25, 0.3) is 10.2 Å². The van der Waals surface area contributed by atoms with Crippen LogP contribution in [0.5, 0.6) is 5.75 Å². The first-order chi connectivity index (χ1) is 15.1. The van der Waals surface area contributed by atoms with Gasteiger partial charge < -0.3 is 14.8 Å². The fraction of sp³-hybridized carbons (Fsp3) is 0.409. The Labute approximate surface area is 183 Å². The van der Waals surface area contributed by atoms with Crippen LogP contribution in [0.2, 0.25) is 0 Å². The van der Waals surface area contributed by atoms with Gasteiger partial charge in [-0.2, -0.15) is 0 Å². The van der Waals surface area contributed by atoms with Crippen LogP contribution >= 0.6 is 11.3 Å². The van der Waals surface area contributed by atoms with E-state index in [1.165, 1.54) is 20.5 Å². The Morgan fingerprint density at radius 1 is 1.23 bits per heavy atom. The van der Waals surface area contributed by atoms with Crippen LogP contribution in [-0.2, 0) is 22.6 Å². The van der Waals surface area contributed by atoms with Crippen molar-refractivity contribution in [1.29, 1.82) is 0 Å². The molecule has 1 atom stereocenters. The molecule has 0 aliphatic carbocycles. The number of ether oxygens (including phenoxy) is 2. The number of hydrogen-bond donors (Lipinski definition) is 1. The number of aromatic nitrogens is 2. The molecule has 0 unspecified atom stereocenters. The molecule has 8 nitrogen and oxygen atoms in total. The van der Waals surface area contributed by atoms with Gasteiger partial charge in [0, 0.05) is 13.2 Å². The number of carbonyl (C=O) groups excluding carboxylic acids is 1. The van der Waals surface area contributed by atoms with Crippen LogP contribution in [0.4, 0.5) is 0 Å². The fourth-order valence-electron chi connectivity index (χ4n) is 3.70. The van der Waals surface area contributed by atoms with Crippen molar-refractivity contribution in [3.05, 3.63) is 62.1 Å². The Balaban J connectivity index is 1.60. The second-order valence-corrected chi connectivity index (χ2v) is 8.33. The third-order valence-corrected chi connectivity index (χ3v) is 6.16. The van der Waals surface area contributed by atoms with Crippen LogP contribution in [0.3, 0.4) is 0 Å². The summed E-state index contributed by atoms with van der Waals surface area (Å²) in [6.45, 7) is 3.58. The molecule has 31 heavy (non-hydrogen) atoms. The van der Waals surface area contributed by atoms with Crippen molar-refractivity contribution in [2.75, 3.05) is 19.8 Å². The highest BCUT2D eigenvalue weighted by Crippen LogP contribution is 2.17. The van der Waals surface area contributed by atoms with Gasteiger partial charge in [-0.3, -0.25) is 18.7 Å². The molecule has 0 bridgehead atoms. The Morgan fingerprint density at radius 3 is 2.74 bits per heavy atom. The molecule has 1 aliphatic rings. The average Bonchev–Trinajstić information content (AvgIpc) is 3.46. The summed E-state index contributed by atoms with van der Waals surface area (Å²) in [6, 6.07) is 8.98. The monoisotopic (exact) mass is 443 g/mol. The van der Waals surface area contributed by atoms with Gasteiger partial charge in [0.1, 0.15) is 17.0 Å². The molecule has 9 heteroatoms. The van der Waals surface area contributed by atoms with Crippen LogP contribution < -0.4 is 21.3 Å². The summed E-state index contributed by atoms with van der Waals surface area (Å²) in [6.07, 6.45) is 1.93. The highest BCUT2D eigenvalue weighted by molar-refractivity contribution is 7.17. The largest absolute Gasteiger partial charge is 0.494 e. The molecule has 1 fully saturated rings. The zero-order valence-electron chi connectivity index (χ0n) is 17.3. The van der Waals surface area contributed by atoms with E-state index in [9.17, 15) is 14.4 Å². The first-order valence-corrected chi connectivity index (χ1v) is 11.3. The van der Waals surface area contributed by atoms with Crippen molar-refractivity contribution in [3.8, 4) is 5.75 Å². The molecule has 1 N–H and O–H groups in total. The summed E-state index contributed by atoms with van der Waals surface area (Å²) in [4.78, 5) is 38.6. The molecule has 1 aliphatic heterocycles. The maximum Gasteiger partial charge on any atom is 0.332 e. The first-order valence-electron chi connectivity index (χ1n) is 10.4. The molecule has 0 saturated carbocycles. The van der Waals surface area contributed by atoms with E-state index in [1.54, 1.807) is 11.4 Å². The van der Waals surface area contributed by atoms with Crippen molar-refractivity contribution in [3.63, 3.8) is 0 Å². The van der Waals surface area contributed by atoms with E-state index in [2.05, 4.69) is 5.32 Å². The summed E-state index contributed by atoms with van der Waals surface area (Å²) in [5.74, 6) is 0.448. The Hall–Kier alpha value is -2.91. The van der Waals surface area contributed by atoms with Gasteiger partial charge in [-0.1, -0.05) is 12.1 Å². The van der Waals surface area contributed by atoms with E-state index in [4.69, 9.17) is 9.47 Å². The molecule has 2 aromatic heterocycles. The lowest BCUT2D eigenvalue weighted by atomic mass is 10.2. The zero-order chi connectivity index (χ0) is 21.8. The Morgan fingerprint density at radius 2 is 2.03 bits per heavy atom. The van der Waals surface area contributed by atoms with E-state index < -0.39 is 5.69 Å². The van der Waals surface area contributed by atoms with E-state index in [1.807, 2.05) is 31.2 Å². The van der Waals surface area contributed by atoms with Crippen LogP contribution in [0.15, 0.2) is 45.3 Å². The number of hydrogen-bond acceptors (Lipinski definition) is 6. The van der Waals surface area contributed by atoms with Crippen molar-refractivity contribution in [2.45, 2.75) is 39.0 Å². The predicted octanol–water partition coefficient (Wildman–Crippen LogP) is 1.97. The quantitative estimate of drug-likeness (QED) is 0.575. The first kappa shape index (κ1) is 21.3. The number of nitrogens with zero attached hydrogens (tertiary/aromatic N) is 2. The van der Waals surface area contributed by atoms with E-state index in [-0.39, 0.29) is 30.7 Å². The normalized spacial score (nSPS) is 16.0. The summed E-state index contributed by atoms with van der Waals surface area (Å²) in [5, 5.41) is 4.60. The molecule has 1 amide bonds. The predicted molar refractivity (Wildman–Crippen MR) is 119 cm³/mol. The molecule has 164 valence electrons. The molecule has 1 aromatic carbocycles. The van der Waals surface area contributed by atoms with E-state index >= 15 is 0 Å². The average molecular weight is 444 g/mol. The van der Waals surface area contributed by atoms with Crippen LogP contribution in [0.1, 0.15) is 25.3 Å². The summed E-state index contributed by atoms with van der Waals surface area (Å²) >= 11 is 1.27. The highest BCUT2D eigenvalue weighted by atomic mass is 32.1. The van der Waals surface area contributed by atoms with Gasteiger partial charge in [-0.15, -0.1) is 11.3 Å². The topological polar surface area (TPSA) is 91.6 Å². The molecular weight excluding hydrogens is 418 g/mol. The number of thiophene rings is 1. The van der Waals surface area contributed by atoms with Gasteiger partial charge in [0.15, 0.2) is 0 Å². The summed E-state index contributed by atoms with van der Waals surface area (Å²) in [7, 11) is 0. The minimum Gasteiger partial charge on any atom is -0.494 e. The van der Waals surface area contributed by atoms with Gasteiger partial charge >= 0.3 is 5.69 Å². The number of carbonyl (C=O) groups is 1. The van der Waals surface area contributed by atoms with Crippen molar-refractivity contribution >= 4 is 27.5 Å². The van der Waals surface area contributed by atoms with Gasteiger partial charge in [0.05, 0.1) is 24.8 Å². The highest BCUT2D eigenvalue weighted by Gasteiger charge is 2.19. The number of nitrogens with one attached hydrogen (secondary N) is 1. The van der Waals surface area contributed by atoms with Gasteiger partial charge in [-0.25, -0.2) is 4.79 Å². The molecule has 3 aromatic rings. The Kier molecular flexibility index (Phi) is 6.53. The van der Waals surface area contributed by atoms with Crippen molar-refractivity contribution in [1.82, 2.24) is 14.5 Å². The second kappa shape index (κ2) is 9.49. The van der Waals surface area contributed by atoms with Crippen molar-refractivity contribution < 1.29 is 14.3 Å². The number of rotatable bonds is 8.